The Morgan fingerprint density at radius 1 is 0.483 bits per heavy atom. The molecule has 0 spiro atoms. The number of rotatable bonds is 2. The van der Waals surface area contributed by atoms with Crippen molar-refractivity contribution in [3.63, 3.8) is 0 Å². The van der Waals surface area contributed by atoms with Crippen molar-refractivity contribution >= 4 is 11.0 Å². The first-order chi connectivity index (χ1) is 14.4. The fourth-order valence-electron chi connectivity index (χ4n) is 4.72. The van der Waals surface area contributed by atoms with Gasteiger partial charge in [0.1, 0.15) is 0 Å². The molecule has 29 heavy (non-hydrogen) atoms. The van der Waals surface area contributed by atoms with Crippen LogP contribution in [0.15, 0.2) is 109 Å². The quantitative estimate of drug-likeness (QED) is 0.374. The van der Waals surface area contributed by atoms with Gasteiger partial charge in [0.25, 0.3) is 0 Å². The Labute approximate surface area is 169 Å². The first kappa shape index (κ1) is 16.2. The van der Waals surface area contributed by atoms with E-state index in [-0.39, 0.29) is 0 Å². The van der Waals surface area contributed by atoms with Gasteiger partial charge in [-0.25, -0.2) is 9.97 Å². The fourth-order valence-corrected chi connectivity index (χ4v) is 4.72. The number of para-hydroxylation sites is 2. The first-order valence-electron chi connectivity index (χ1n) is 9.87. The number of aromatic nitrogens is 2. The predicted molar refractivity (Wildman–Crippen MR) is 117 cm³/mol. The maximum atomic E-state index is 5.21. The lowest BCUT2D eigenvalue weighted by Gasteiger charge is -2.32. The zero-order chi connectivity index (χ0) is 19.3. The second-order valence-corrected chi connectivity index (χ2v) is 7.44. The Balaban J connectivity index is 1.83. The molecule has 0 bridgehead atoms. The lowest BCUT2D eigenvalue weighted by molar-refractivity contribution is 0.740. The molecule has 0 amide bonds. The van der Waals surface area contributed by atoms with Gasteiger partial charge in [-0.05, 0) is 28.8 Å². The van der Waals surface area contributed by atoms with E-state index >= 15 is 0 Å². The lowest BCUT2D eigenvalue weighted by Crippen LogP contribution is -2.29. The van der Waals surface area contributed by atoms with Crippen LogP contribution in [0.2, 0.25) is 0 Å². The number of benzene rings is 4. The molecule has 5 aromatic rings. The van der Waals surface area contributed by atoms with Gasteiger partial charge in [-0.15, -0.1) is 0 Å². The van der Waals surface area contributed by atoms with E-state index in [4.69, 9.17) is 9.97 Å². The molecule has 136 valence electrons. The molecule has 0 saturated carbocycles. The van der Waals surface area contributed by atoms with Crippen molar-refractivity contribution < 1.29 is 0 Å². The maximum Gasteiger partial charge on any atom is 0.0944 e. The molecule has 4 aromatic carbocycles. The summed E-state index contributed by atoms with van der Waals surface area (Å²) >= 11 is 0. The van der Waals surface area contributed by atoms with Gasteiger partial charge in [0.15, 0.2) is 0 Å². The largest absolute Gasteiger partial charge is 0.247 e. The summed E-state index contributed by atoms with van der Waals surface area (Å²) in [7, 11) is 0. The highest BCUT2D eigenvalue weighted by Gasteiger charge is 2.48. The van der Waals surface area contributed by atoms with E-state index in [1.165, 1.54) is 16.7 Å². The van der Waals surface area contributed by atoms with E-state index < -0.39 is 5.41 Å². The van der Waals surface area contributed by atoms with Crippen LogP contribution in [0.4, 0.5) is 0 Å². The van der Waals surface area contributed by atoms with Crippen molar-refractivity contribution in [3.05, 3.63) is 132 Å². The molecule has 1 heterocycles. The second kappa shape index (κ2) is 6.11. The molecule has 0 saturated heterocycles. The van der Waals surface area contributed by atoms with Gasteiger partial charge in [-0.1, -0.05) is 97.1 Å². The summed E-state index contributed by atoms with van der Waals surface area (Å²) in [6.45, 7) is 0. The Morgan fingerprint density at radius 2 is 1.00 bits per heavy atom. The van der Waals surface area contributed by atoms with Gasteiger partial charge in [0, 0.05) is 5.56 Å². The molecule has 1 aromatic heterocycles. The Kier molecular flexibility index (Phi) is 3.41. The van der Waals surface area contributed by atoms with Crippen LogP contribution in [-0.2, 0) is 5.41 Å². The first-order valence-corrected chi connectivity index (χ1v) is 9.87. The molecule has 1 aliphatic rings. The number of fused-ring (bicyclic) bond motifs is 4. The summed E-state index contributed by atoms with van der Waals surface area (Å²) < 4.78 is 0. The molecule has 6 rings (SSSR count). The van der Waals surface area contributed by atoms with Gasteiger partial charge in [0.2, 0.25) is 0 Å². The zero-order valence-corrected chi connectivity index (χ0v) is 15.8. The number of hydrogen-bond acceptors (Lipinski definition) is 2. The summed E-state index contributed by atoms with van der Waals surface area (Å²) in [6, 6.07) is 38.1. The highest BCUT2D eigenvalue weighted by atomic mass is 14.9. The molecule has 0 fully saturated rings. The van der Waals surface area contributed by atoms with Crippen molar-refractivity contribution in [2.75, 3.05) is 0 Å². The van der Waals surface area contributed by atoms with Crippen molar-refractivity contribution in [2.45, 2.75) is 5.41 Å². The monoisotopic (exact) mass is 370 g/mol. The molecule has 1 aliphatic carbocycles. The summed E-state index contributed by atoms with van der Waals surface area (Å²) in [5, 5.41) is 0. The molecular formula is C27H18N2. The van der Waals surface area contributed by atoms with Crippen LogP contribution < -0.4 is 0 Å². The third-order valence-corrected chi connectivity index (χ3v) is 5.93. The minimum Gasteiger partial charge on any atom is -0.247 e. The lowest BCUT2D eigenvalue weighted by atomic mass is 9.69. The van der Waals surface area contributed by atoms with Crippen LogP contribution in [0, 0.1) is 0 Å². The maximum absolute atomic E-state index is 5.21. The molecule has 0 N–H and O–H groups in total. The topological polar surface area (TPSA) is 25.8 Å². The van der Waals surface area contributed by atoms with Gasteiger partial charge in [-0.3, -0.25) is 0 Å². The van der Waals surface area contributed by atoms with Gasteiger partial charge in [-0.2, -0.15) is 0 Å². The summed E-state index contributed by atoms with van der Waals surface area (Å²) in [4.78, 5) is 10.3. The molecular weight excluding hydrogens is 352 g/mol. The van der Waals surface area contributed by atoms with Crippen molar-refractivity contribution in [1.82, 2.24) is 9.97 Å². The fraction of sp³-hybridized carbons (Fsp3) is 0.0370. The van der Waals surface area contributed by atoms with Crippen LogP contribution in [0.5, 0.6) is 0 Å². The number of hydrogen-bond donors (Lipinski definition) is 0. The molecule has 0 atom stereocenters. The average molecular weight is 370 g/mol. The van der Waals surface area contributed by atoms with E-state index in [0.29, 0.717) is 0 Å². The molecule has 2 heteroatoms. The minimum absolute atomic E-state index is 0.481. The smallest absolute Gasteiger partial charge is 0.0944 e. The van der Waals surface area contributed by atoms with Crippen molar-refractivity contribution in [3.8, 4) is 11.3 Å². The van der Waals surface area contributed by atoms with Gasteiger partial charge < -0.3 is 0 Å². The van der Waals surface area contributed by atoms with Crippen LogP contribution in [0.1, 0.15) is 22.4 Å². The predicted octanol–water partition coefficient (Wildman–Crippen LogP) is 5.99. The molecule has 0 unspecified atom stereocenters. The molecule has 0 aliphatic heterocycles. The highest BCUT2D eigenvalue weighted by molar-refractivity contribution is 5.87. The SMILES string of the molecule is c1ccc(C2(c3ccccc3)c3ccccc3-c3nc4ccccc4nc32)cc1. The van der Waals surface area contributed by atoms with Crippen molar-refractivity contribution in [2.24, 2.45) is 0 Å². The average Bonchev–Trinajstić information content (AvgIpc) is 3.09. The van der Waals surface area contributed by atoms with Crippen LogP contribution in [0.25, 0.3) is 22.3 Å². The van der Waals surface area contributed by atoms with Crippen molar-refractivity contribution in [1.29, 1.82) is 0 Å². The van der Waals surface area contributed by atoms with E-state index in [1.54, 1.807) is 0 Å². The second-order valence-electron chi connectivity index (χ2n) is 7.44. The normalized spacial score (nSPS) is 13.8. The van der Waals surface area contributed by atoms with E-state index in [0.717, 1.165) is 28.0 Å². The molecule has 0 radical (unpaired) electrons. The Morgan fingerprint density at radius 3 is 1.66 bits per heavy atom. The summed E-state index contributed by atoms with van der Waals surface area (Å²) in [6.07, 6.45) is 0. The third-order valence-electron chi connectivity index (χ3n) is 5.93. The highest BCUT2D eigenvalue weighted by Crippen LogP contribution is 2.54. The standard InChI is InChI=1S/C27H18N2/c1-3-11-19(12-4-1)27(20-13-5-2-6-14-20)22-16-8-7-15-21(22)25-26(27)29-24-18-10-9-17-23(24)28-25/h1-18H. The van der Waals surface area contributed by atoms with Crippen LogP contribution in [0.3, 0.4) is 0 Å². The number of nitrogens with zero attached hydrogens (tertiary/aromatic N) is 2. The van der Waals surface area contributed by atoms with E-state index in [1.807, 2.05) is 24.3 Å². The van der Waals surface area contributed by atoms with Crippen LogP contribution in [-0.4, -0.2) is 9.97 Å². The Bertz CT molecular complexity index is 1300. The van der Waals surface area contributed by atoms with E-state index in [9.17, 15) is 0 Å². The summed E-state index contributed by atoms with van der Waals surface area (Å²) in [5.74, 6) is 0. The van der Waals surface area contributed by atoms with Gasteiger partial charge in [0.05, 0.1) is 27.8 Å². The third kappa shape index (κ3) is 2.17. The zero-order valence-electron chi connectivity index (χ0n) is 15.8. The van der Waals surface area contributed by atoms with Gasteiger partial charge >= 0.3 is 0 Å². The summed E-state index contributed by atoms with van der Waals surface area (Å²) in [5.41, 5.74) is 8.18. The van der Waals surface area contributed by atoms with E-state index in [2.05, 4.69) is 84.9 Å². The molecule has 2 nitrogen and oxygen atoms in total. The minimum atomic E-state index is -0.481. The van der Waals surface area contributed by atoms with Crippen LogP contribution >= 0.6 is 0 Å². The Hall–Kier alpha value is -3.78.